The SMILES string of the molecule is N#CC(C#N)=CNc1ccccc1N1CCNC(=O)C1. The Morgan fingerprint density at radius 2 is 2.10 bits per heavy atom. The van der Waals surface area contributed by atoms with Crippen molar-refractivity contribution in [3.05, 3.63) is 36.0 Å². The van der Waals surface area contributed by atoms with Crippen LogP contribution in [-0.2, 0) is 4.79 Å². The van der Waals surface area contributed by atoms with Gasteiger partial charge in [-0.15, -0.1) is 0 Å². The van der Waals surface area contributed by atoms with E-state index in [-0.39, 0.29) is 11.5 Å². The van der Waals surface area contributed by atoms with Crippen molar-refractivity contribution in [1.29, 1.82) is 10.5 Å². The minimum atomic E-state index is -0.0173. The molecular formula is C14H13N5O. The molecule has 1 saturated heterocycles. The molecule has 0 saturated carbocycles. The van der Waals surface area contributed by atoms with Crippen LogP contribution in [0.15, 0.2) is 36.0 Å². The average Bonchev–Trinajstić information content (AvgIpc) is 2.49. The zero-order valence-corrected chi connectivity index (χ0v) is 10.8. The van der Waals surface area contributed by atoms with Crippen molar-refractivity contribution in [2.45, 2.75) is 0 Å². The third-order valence-electron chi connectivity index (χ3n) is 2.90. The van der Waals surface area contributed by atoms with E-state index in [4.69, 9.17) is 10.5 Å². The Balaban J connectivity index is 2.23. The minimum absolute atomic E-state index is 0.00353. The number of allylic oxidation sites excluding steroid dienone is 1. The molecule has 0 atom stereocenters. The van der Waals surface area contributed by atoms with Crippen LogP contribution in [0.1, 0.15) is 0 Å². The van der Waals surface area contributed by atoms with Crippen molar-refractivity contribution in [2.24, 2.45) is 0 Å². The Labute approximate surface area is 116 Å². The van der Waals surface area contributed by atoms with E-state index in [9.17, 15) is 4.79 Å². The summed E-state index contributed by atoms with van der Waals surface area (Å²) >= 11 is 0. The van der Waals surface area contributed by atoms with E-state index < -0.39 is 0 Å². The molecule has 0 aliphatic carbocycles. The second kappa shape index (κ2) is 6.26. The lowest BCUT2D eigenvalue weighted by molar-refractivity contribution is -0.120. The largest absolute Gasteiger partial charge is 0.359 e. The predicted molar refractivity (Wildman–Crippen MR) is 74.6 cm³/mol. The normalized spacial score (nSPS) is 13.7. The monoisotopic (exact) mass is 267 g/mol. The van der Waals surface area contributed by atoms with Crippen LogP contribution >= 0.6 is 0 Å². The van der Waals surface area contributed by atoms with Gasteiger partial charge >= 0.3 is 0 Å². The lowest BCUT2D eigenvalue weighted by Gasteiger charge is -2.30. The molecule has 0 bridgehead atoms. The Kier molecular flexibility index (Phi) is 4.21. The van der Waals surface area contributed by atoms with Gasteiger partial charge in [0.05, 0.1) is 17.9 Å². The maximum atomic E-state index is 11.4. The third-order valence-corrected chi connectivity index (χ3v) is 2.90. The average molecular weight is 267 g/mol. The predicted octanol–water partition coefficient (Wildman–Crippen LogP) is 0.966. The molecule has 2 N–H and O–H groups in total. The first-order valence-corrected chi connectivity index (χ1v) is 6.12. The fraction of sp³-hybridized carbons (Fsp3) is 0.214. The first-order valence-electron chi connectivity index (χ1n) is 6.12. The van der Waals surface area contributed by atoms with E-state index in [2.05, 4.69) is 10.6 Å². The van der Waals surface area contributed by atoms with Crippen molar-refractivity contribution < 1.29 is 4.79 Å². The fourth-order valence-electron chi connectivity index (χ4n) is 1.96. The molecule has 1 aliphatic rings. The lowest BCUT2D eigenvalue weighted by Crippen LogP contribution is -2.47. The lowest BCUT2D eigenvalue weighted by atomic mass is 10.2. The van der Waals surface area contributed by atoms with Gasteiger partial charge < -0.3 is 15.5 Å². The quantitative estimate of drug-likeness (QED) is 0.796. The molecule has 20 heavy (non-hydrogen) atoms. The summed E-state index contributed by atoms with van der Waals surface area (Å²) in [5.41, 5.74) is 1.62. The number of hydrogen-bond donors (Lipinski definition) is 2. The molecule has 100 valence electrons. The van der Waals surface area contributed by atoms with Crippen LogP contribution in [0.2, 0.25) is 0 Å². The Morgan fingerprint density at radius 3 is 2.80 bits per heavy atom. The van der Waals surface area contributed by atoms with Gasteiger partial charge in [-0.1, -0.05) is 12.1 Å². The highest BCUT2D eigenvalue weighted by Crippen LogP contribution is 2.26. The molecule has 1 aromatic carbocycles. The highest BCUT2D eigenvalue weighted by atomic mass is 16.2. The molecule has 1 heterocycles. The van der Waals surface area contributed by atoms with Crippen LogP contribution in [0.3, 0.4) is 0 Å². The Hall–Kier alpha value is -2.99. The number of nitrogens with one attached hydrogen (secondary N) is 2. The maximum Gasteiger partial charge on any atom is 0.239 e. The van der Waals surface area contributed by atoms with Crippen LogP contribution in [0.4, 0.5) is 11.4 Å². The molecule has 2 rings (SSSR count). The minimum Gasteiger partial charge on any atom is -0.359 e. The topological polar surface area (TPSA) is 91.9 Å². The van der Waals surface area contributed by atoms with Crippen LogP contribution < -0.4 is 15.5 Å². The fourth-order valence-corrected chi connectivity index (χ4v) is 1.96. The summed E-state index contributed by atoms with van der Waals surface area (Å²) in [5, 5.41) is 23.1. The van der Waals surface area contributed by atoms with E-state index in [1.165, 1.54) is 6.20 Å². The van der Waals surface area contributed by atoms with Gasteiger partial charge in [-0.3, -0.25) is 4.79 Å². The standard InChI is InChI=1S/C14H13N5O/c15-7-11(8-16)9-18-12-3-1-2-4-13(12)19-6-5-17-14(20)10-19/h1-4,9,18H,5-6,10H2,(H,17,20). The first-order chi connectivity index (χ1) is 9.74. The Bertz CT molecular complexity index is 607. The summed E-state index contributed by atoms with van der Waals surface area (Å²) in [6.07, 6.45) is 1.36. The smallest absolute Gasteiger partial charge is 0.239 e. The summed E-state index contributed by atoms with van der Waals surface area (Å²) in [6.45, 7) is 1.62. The van der Waals surface area contributed by atoms with Gasteiger partial charge in [0, 0.05) is 19.3 Å². The number of carbonyl (C=O) groups is 1. The van der Waals surface area contributed by atoms with Crippen LogP contribution in [0, 0.1) is 22.7 Å². The second-order valence-corrected chi connectivity index (χ2v) is 4.21. The number of piperazine rings is 1. The molecule has 1 aromatic rings. The van der Waals surface area contributed by atoms with Crippen LogP contribution in [0.25, 0.3) is 0 Å². The van der Waals surface area contributed by atoms with Gasteiger partial charge in [0.15, 0.2) is 0 Å². The number of hydrogen-bond acceptors (Lipinski definition) is 5. The van der Waals surface area contributed by atoms with Crippen LogP contribution in [-0.4, -0.2) is 25.5 Å². The van der Waals surface area contributed by atoms with Gasteiger partial charge in [0.2, 0.25) is 5.91 Å². The van der Waals surface area contributed by atoms with E-state index in [0.29, 0.717) is 13.1 Å². The molecule has 6 nitrogen and oxygen atoms in total. The molecule has 6 heteroatoms. The second-order valence-electron chi connectivity index (χ2n) is 4.21. The molecule has 1 aliphatic heterocycles. The number of nitriles is 2. The number of benzene rings is 1. The van der Waals surface area contributed by atoms with E-state index in [1.807, 2.05) is 29.2 Å². The van der Waals surface area contributed by atoms with Crippen molar-refractivity contribution in [3.8, 4) is 12.1 Å². The maximum absolute atomic E-state index is 11.4. The molecule has 0 unspecified atom stereocenters. The highest BCUT2D eigenvalue weighted by Gasteiger charge is 2.18. The third kappa shape index (κ3) is 3.06. The molecule has 0 spiro atoms. The van der Waals surface area contributed by atoms with Gasteiger partial charge in [-0.2, -0.15) is 10.5 Å². The molecule has 1 fully saturated rings. The number of anilines is 2. The number of nitrogens with zero attached hydrogens (tertiary/aromatic N) is 3. The van der Waals surface area contributed by atoms with Gasteiger partial charge in [0.1, 0.15) is 17.7 Å². The van der Waals surface area contributed by atoms with E-state index in [1.54, 1.807) is 12.1 Å². The zero-order chi connectivity index (χ0) is 14.4. The van der Waals surface area contributed by atoms with Crippen molar-refractivity contribution in [3.63, 3.8) is 0 Å². The summed E-state index contributed by atoms with van der Waals surface area (Å²) in [5.74, 6) is -0.0173. The molecule has 1 amide bonds. The highest BCUT2D eigenvalue weighted by molar-refractivity contribution is 5.85. The molecular weight excluding hydrogens is 254 g/mol. The van der Waals surface area contributed by atoms with E-state index in [0.717, 1.165) is 17.9 Å². The van der Waals surface area contributed by atoms with Crippen molar-refractivity contribution >= 4 is 17.3 Å². The summed E-state index contributed by atoms with van der Waals surface area (Å²) in [4.78, 5) is 13.4. The number of amides is 1. The van der Waals surface area contributed by atoms with Crippen molar-refractivity contribution in [1.82, 2.24) is 5.32 Å². The summed E-state index contributed by atoms with van der Waals surface area (Å²) < 4.78 is 0. The van der Waals surface area contributed by atoms with E-state index >= 15 is 0 Å². The van der Waals surface area contributed by atoms with Crippen LogP contribution in [0.5, 0.6) is 0 Å². The number of carbonyl (C=O) groups excluding carboxylic acids is 1. The van der Waals surface area contributed by atoms with Crippen molar-refractivity contribution in [2.75, 3.05) is 29.9 Å². The van der Waals surface area contributed by atoms with Gasteiger partial charge in [0.25, 0.3) is 0 Å². The first kappa shape index (κ1) is 13.4. The van der Waals surface area contributed by atoms with Gasteiger partial charge in [-0.25, -0.2) is 0 Å². The summed E-state index contributed by atoms with van der Waals surface area (Å²) in [6, 6.07) is 11.0. The summed E-state index contributed by atoms with van der Waals surface area (Å²) in [7, 11) is 0. The zero-order valence-electron chi connectivity index (χ0n) is 10.8. The molecule has 0 radical (unpaired) electrons. The number of rotatable bonds is 3. The molecule has 0 aromatic heterocycles. The van der Waals surface area contributed by atoms with Gasteiger partial charge in [-0.05, 0) is 12.1 Å². The number of para-hydroxylation sites is 2. The Morgan fingerprint density at radius 1 is 1.35 bits per heavy atom.